The Bertz CT molecular complexity index is 652. The Kier molecular flexibility index (Phi) is 4.54. The Morgan fingerprint density at radius 3 is 2.86 bits per heavy atom. The molecule has 0 aliphatic carbocycles. The first-order chi connectivity index (χ1) is 10.7. The van der Waals surface area contributed by atoms with E-state index in [2.05, 4.69) is 29.7 Å². The molecule has 1 amide bonds. The largest absolute Gasteiger partial charge is 0.348 e. The lowest BCUT2D eigenvalue weighted by atomic mass is 9.93. The van der Waals surface area contributed by atoms with Crippen LogP contribution >= 0.6 is 0 Å². The van der Waals surface area contributed by atoms with Crippen LogP contribution in [0.4, 0.5) is 0 Å². The van der Waals surface area contributed by atoms with Gasteiger partial charge in [-0.2, -0.15) is 0 Å². The van der Waals surface area contributed by atoms with Crippen LogP contribution in [-0.2, 0) is 13.0 Å². The van der Waals surface area contributed by atoms with Crippen LogP contribution in [0.25, 0.3) is 0 Å². The zero-order chi connectivity index (χ0) is 15.4. The van der Waals surface area contributed by atoms with Crippen LogP contribution in [0.2, 0.25) is 0 Å². The van der Waals surface area contributed by atoms with Crippen molar-refractivity contribution in [3.63, 3.8) is 0 Å². The molecule has 0 spiro atoms. The van der Waals surface area contributed by atoms with E-state index in [1.165, 1.54) is 11.1 Å². The Hall–Kier alpha value is -2.13. The highest BCUT2D eigenvalue weighted by atomic mass is 16.1. The highest BCUT2D eigenvalue weighted by Crippen LogP contribution is 2.23. The van der Waals surface area contributed by atoms with E-state index in [0.29, 0.717) is 12.5 Å². The number of fused-ring (bicyclic) bond motifs is 1. The van der Waals surface area contributed by atoms with Gasteiger partial charge in [-0.3, -0.25) is 4.79 Å². The summed E-state index contributed by atoms with van der Waals surface area (Å²) in [7, 11) is 0. The monoisotopic (exact) mass is 294 g/mol. The van der Waals surface area contributed by atoms with E-state index in [4.69, 9.17) is 0 Å². The number of amides is 1. The fourth-order valence-electron chi connectivity index (χ4n) is 2.95. The summed E-state index contributed by atoms with van der Waals surface area (Å²) in [4.78, 5) is 12.4. The Morgan fingerprint density at radius 2 is 2.05 bits per heavy atom. The minimum Gasteiger partial charge on any atom is -0.348 e. The van der Waals surface area contributed by atoms with Crippen LogP contribution < -0.4 is 10.6 Å². The molecular weight excluding hydrogens is 272 g/mol. The molecule has 0 aromatic heterocycles. The topological polar surface area (TPSA) is 41.1 Å². The van der Waals surface area contributed by atoms with E-state index in [1.54, 1.807) is 0 Å². The van der Waals surface area contributed by atoms with E-state index in [-0.39, 0.29) is 5.91 Å². The molecule has 0 saturated carbocycles. The fourth-order valence-corrected chi connectivity index (χ4v) is 2.95. The predicted molar refractivity (Wildman–Crippen MR) is 89.0 cm³/mol. The van der Waals surface area contributed by atoms with Crippen molar-refractivity contribution >= 4 is 5.91 Å². The number of nitrogens with one attached hydrogen (secondary N) is 2. The molecule has 3 heteroatoms. The quantitative estimate of drug-likeness (QED) is 0.914. The number of carbonyl (C=O) groups excluding carboxylic acids is 1. The van der Waals surface area contributed by atoms with Gasteiger partial charge in [0.2, 0.25) is 0 Å². The lowest BCUT2D eigenvalue weighted by molar-refractivity contribution is 0.0951. The number of hydrogen-bond acceptors (Lipinski definition) is 2. The first-order valence-corrected chi connectivity index (χ1v) is 7.89. The minimum atomic E-state index is -0.00365. The van der Waals surface area contributed by atoms with Gasteiger partial charge in [-0.15, -0.1) is 0 Å². The summed E-state index contributed by atoms with van der Waals surface area (Å²) in [6, 6.07) is 16.1. The lowest BCUT2D eigenvalue weighted by Crippen LogP contribution is -2.23. The minimum absolute atomic E-state index is 0.00365. The standard InChI is InChI=1S/C19H22N2O/c1-14-12-20-10-9-16-7-8-17(11-18(14)16)19(22)21-13-15-5-3-2-4-6-15/h2-8,11,14,20H,9-10,12-13H2,1H3,(H,21,22). The van der Waals surface area contributed by atoms with Gasteiger partial charge in [-0.1, -0.05) is 43.3 Å². The van der Waals surface area contributed by atoms with Gasteiger partial charge in [0.25, 0.3) is 5.91 Å². The van der Waals surface area contributed by atoms with Crippen molar-refractivity contribution in [2.45, 2.75) is 25.8 Å². The first-order valence-electron chi connectivity index (χ1n) is 7.89. The molecule has 1 aliphatic rings. The van der Waals surface area contributed by atoms with Gasteiger partial charge in [0.1, 0.15) is 0 Å². The molecule has 0 bridgehead atoms. The molecule has 1 heterocycles. The maximum atomic E-state index is 12.4. The highest BCUT2D eigenvalue weighted by Gasteiger charge is 2.16. The average Bonchev–Trinajstić information content (AvgIpc) is 2.75. The van der Waals surface area contributed by atoms with Gasteiger partial charge in [0.05, 0.1) is 0 Å². The first kappa shape index (κ1) is 14.8. The Morgan fingerprint density at radius 1 is 1.23 bits per heavy atom. The van der Waals surface area contributed by atoms with Crippen LogP contribution in [0.1, 0.15) is 39.9 Å². The molecule has 1 unspecified atom stereocenters. The normalized spacial score (nSPS) is 17.4. The molecular formula is C19H22N2O. The summed E-state index contributed by atoms with van der Waals surface area (Å²) in [6.45, 7) is 4.76. The predicted octanol–water partition coefficient (Wildman–Crippen LogP) is 2.87. The maximum Gasteiger partial charge on any atom is 0.251 e. The molecule has 2 aromatic carbocycles. The zero-order valence-electron chi connectivity index (χ0n) is 12.9. The second-order valence-corrected chi connectivity index (χ2v) is 5.94. The summed E-state index contributed by atoms with van der Waals surface area (Å²) >= 11 is 0. The van der Waals surface area contributed by atoms with Crippen LogP contribution in [-0.4, -0.2) is 19.0 Å². The lowest BCUT2D eigenvalue weighted by Gasteiger charge is -2.14. The molecule has 0 radical (unpaired) electrons. The third-order valence-electron chi connectivity index (χ3n) is 4.26. The Labute approximate surface area is 131 Å². The van der Waals surface area contributed by atoms with Gasteiger partial charge < -0.3 is 10.6 Å². The van der Waals surface area contributed by atoms with E-state index in [9.17, 15) is 4.79 Å². The number of benzene rings is 2. The van der Waals surface area contributed by atoms with E-state index < -0.39 is 0 Å². The van der Waals surface area contributed by atoms with Crippen LogP contribution in [0.5, 0.6) is 0 Å². The fraction of sp³-hybridized carbons (Fsp3) is 0.316. The van der Waals surface area contributed by atoms with Crippen molar-refractivity contribution in [3.05, 3.63) is 70.8 Å². The molecule has 22 heavy (non-hydrogen) atoms. The van der Waals surface area contributed by atoms with Crippen LogP contribution in [0, 0.1) is 0 Å². The molecule has 0 fully saturated rings. The van der Waals surface area contributed by atoms with Crippen molar-refractivity contribution in [1.82, 2.24) is 10.6 Å². The molecule has 1 aliphatic heterocycles. The van der Waals surface area contributed by atoms with E-state index >= 15 is 0 Å². The summed E-state index contributed by atoms with van der Waals surface area (Å²) in [5, 5.41) is 6.44. The second-order valence-electron chi connectivity index (χ2n) is 5.94. The number of carbonyl (C=O) groups is 1. The zero-order valence-corrected chi connectivity index (χ0v) is 12.9. The Balaban J connectivity index is 1.73. The van der Waals surface area contributed by atoms with Gasteiger partial charge in [-0.05, 0) is 47.7 Å². The number of hydrogen-bond donors (Lipinski definition) is 2. The molecule has 1 atom stereocenters. The van der Waals surface area contributed by atoms with Crippen molar-refractivity contribution in [1.29, 1.82) is 0 Å². The smallest absolute Gasteiger partial charge is 0.251 e. The third kappa shape index (κ3) is 3.37. The summed E-state index contributed by atoms with van der Waals surface area (Å²) < 4.78 is 0. The van der Waals surface area contributed by atoms with Gasteiger partial charge in [0.15, 0.2) is 0 Å². The van der Waals surface area contributed by atoms with Gasteiger partial charge in [-0.25, -0.2) is 0 Å². The van der Waals surface area contributed by atoms with E-state index in [0.717, 1.165) is 30.6 Å². The van der Waals surface area contributed by atoms with Crippen LogP contribution in [0.3, 0.4) is 0 Å². The van der Waals surface area contributed by atoms with Gasteiger partial charge in [0, 0.05) is 18.7 Å². The van der Waals surface area contributed by atoms with Crippen molar-refractivity contribution < 1.29 is 4.79 Å². The van der Waals surface area contributed by atoms with Crippen LogP contribution in [0.15, 0.2) is 48.5 Å². The van der Waals surface area contributed by atoms with E-state index in [1.807, 2.05) is 36.4 Å². The maximum absolute atomic E-state index is 12.4. The summed E-state index contributed by atoms with van der Waals surface area (Å²) in [6.07, 6.45) is 1.03. The molecule has 3 nitrogen and oxygen atoms in total. The SMILES string of the molecule is CC1CNCCc2ccc(C(=O)NCc3ccccc3)cc21. The molecule has 0 saturated heterocycles. The van der Waals surface area contributed by atoms with Crippen molar-refractivity contribution in [2.24, 2.45) is 0 Å². The summed E-state index contributed by atoms with van der Waals surface area (Å²) in [5.41, 5.74) is 4.53. The van der Waals surface area contributed by atoms with Crippen molar-refractivity contribution in [2.75, 3.05) is 13.1 Å². The highest BCUT2D eigenvalue weighted by molar-refractivity contribution is 5.94. The summed E-state index contributed by atoms with van der Waals surface area (Å²) in [5.74, 6) is 0.440. The third-order valence-corrected chi connectivity index (χ3v) is 4.26. The molecule has 3 rings (SSSR count). The van der Waals surface area contributed by atoms with Crippen molar-refractivity contribution in [3.8, 4) is 0 Å². The van der Waals surface area contributed by atoms with Gasteiger partial charge >= 0.3 is 0 Å². The second kappa shape index (κ2) is 6.75. The molecule has 114 valence electrons. The average molecular weight is 294 g/mol. The molecule has 2 aromatic rings. The number of rotatable bonds is 3. The molecule has 2 N–H and O–H groups in total.